The Balaban J connectivity index is 1.56. The first-order valence-electron chi connectivity index (χ1n) is 8.48. The number of hydrogen-bond acceptors (Lipinski definition) is 4. The normalized spacial score (nSPS) is 23.4. The van der Waals surface area contributed by atoms with Crippen LogP contribution in [-0.4, -0.2) is 46.1 Å². The molecule has 0 bridgehead atoms. The van der Waals surface area contributed by atoms with E-state index in [4.69, 9.17) is 4.74 Å². The molecule has 2 aliphatic rings. The number of likely N-dealkylation sites (tertiary alicyclic amines) is 1. The number of nitrogens with zero attached hydrogens (tertiary/aromatic N) is 1. The van der Waals surface area contributed by atoms with E-state index >= 15 is 0 Å². The molecule has 0 amide bonds. The fourth-order valence-corrected chi connectivity index (χ4v) is 4.52. The van der Waals surface area contributed by atoms with Crippen LogP contribution in [0.25, 0.3) is 0 Å². The van der Waals surface area contributed by atoms with Crippen LogP contribution in [0.2, 0.25) is 0 Å². The largest absolute Gasteiger partial charge is 0.490 e. The minimum Gasteiger partial charge on any atom is -0.490 e. The standard InChI is InChI=1S/C17H26N2O3S/c1-19-11-10-14(13-19)12-18-23(20,21)17-8-6-16(7-9-17)22-15-4-2-3-5-15/h6-9,14-15,18H,2-5,10-13H2,1H3. The van der Waals surface area contributed by atoms with Crippen molar-refractivity contribution in [3.8, 4) is 5.75 Å². The minimum absolute atomic E-state index is 0.287. The molecule has 1 aromatic rings. The van der Waals surface area contributed by atoms with Gasteiger partial charge in [0.15, 0.2) is 0 Å². The maximum absolute atomic E-state index is 12.4. The van der Waals surface area contributed by atoms with E-state index < -0.39 is 10.0 Å². The molecule has 5 nitrogen and oxygen atoms in total. The third kappa shape index (κ3) is 4.46. The highest BCUT2D eigenvalue weighted by Gasteiger charge is 2.22. The zero-order chi connectivity index (χ0) is 16.3. The molecule has 1 aliphatic carbocycles. The molecule has 23 heavy (non-hydrogen) atoms. The van der Waals surface area contributed by atoms with Crippen molar-refractivity contribution in [2.45, 2.75) is 43.1 Å². The topological polar surface area (TPSA) is 58.6 Å². The monoisotopic (exact) mass is 338 g/mol. The number of benzene rings is 1. The van der Waals surface area contributed by atoms with Crippen molar-refractivity contribution in [3.63, 3.8) is 0 Å². The van der Waals surface area contributed by atoms with Crippen LogP contribution in [0.3, 0.4) is 0 Å². The van der Waals surface area contributed by atoms with Gasteiger partial charge in [-0.2, -0.15) is 0 Å². The van der Waals surface area contributed by atoms with E-state index in [1.54, 1.807) is 24.3 Å². The van der Waals surface area contributed by atoms with Crippen LogP contribution in [0.1, 0.15) is 32.1 Å². The number of rotatable bonds is 6. The Bertz CT molecular complexity index is 609. The first kappa shape index (κ1) is 16.7. The summed E-state index contributed by atoms with van der Waals surface area (Å²) in [6.45, 7) is 2.50. The fourth-order valence-electron chi connectivity index (χ4n) is 3.40. The van der Waals surface area contributed by atoms with Crippen LogP contribution in [0.15, 0.2) is 29.2 Å². The fraction of sp³-hybridized carbons (Fsp3) is 0.647. The summed E-state index contributed by atoms with van der Waals surface area (Å²) in [4.78, 5) is 2.54. The van der Waals surface area contributed by atoms with E-state index in [2.05, 4.69) is 16.7 Å². The lowest BCUT2D eigenvalue weighted by atomic mass is 10.1. The third-order valence-corrected chi connectivity index (χ3v) is 6.23. The van der Waals surface area contributed by atoms with Crippen LogP contribution in [0.5, 0.6) is 5.75 Å². The molecular formula is C17H26N2O3S. The molecule has 6 heteroatoms. The summed E-state index contributed by atoms with van der Waals surface area (Å²) >= 11 is 0. The second-order valence-corrected chi connectivity index (χ2v) is 8.53. The molecule has 1 atom stereocenters. The van der Waals surface area contributed by atoms with Gasteiger partial charge in [-0.3, -0.25) is 0 Å². The first-order chi connectivity index (χ1) is 11.0. The molecule has 0 aromatic heterocycles. The van der Waals surface area contributed by atoms with Gasteiger partial charge in [0, 0.05) is 13.1 Å². The van der Waals surface area contributed by atoms with E-state index in [1.165, 1.54) is 12.8 Å². The zero-order valence-corrected chi connectivity index (χ0v) is 14.5. The van der Waals surface area contributed by atoms with Gasteiger partial charge < -0.3 is 9.64 Å². The predicted octanol–water partition coefficient (Wildman–Crippen LogP) is 2.24. The van der Waals surface area contributed by atoms with Crippen LogP contribution in [0.4, 0.5) is 0 Å². The van der Waals surface area contributed by atoms with Crippen molar-refractivity contribution < 1.29 is 13.2 Å². The molecule has 1 unspecified atom stereocenters. The van der Waals surface area contributed by atoms with Crippen molar-refractivity contribution in [1.82, 2.24) is 9.62 Å². The van der Waals surface area contributed by atoms with E-state index in [-0.39, 0.29) is 6.10 Å². The zero-order valence-electron chi connectivity index (χ0n) is 13.7. The summed E-state index contributed by atoms with van der Waals surface area (Å²) in [7, 11) is -1.37. The molecule has 0 radical (unpaired) electrons. The highest BCUT2D eigenvalue weighted by molar-refractivity contribution is 7.89. The molecule has 1 N–H and O–H groups in total. The summed E-state index contributed by atoms with van der Waals surface area (Å²) < 4.78 is 33.3. The molecule has 128 valence electrons. The lowest BCUT2D eigenvalue weighted by molar-refractivity contribution is 0.210. The average Bonchev–Trinajstić information content (AvgIpc) is 3.18. The first-order valence-corrected chi connectivity index (χ1v) is 9.96. The summed E-state index contributed by atoms with van der Waals surface area (Å²) in [5, 5.41) is 0. The molecular weight excluding hydrogens is 312 g/mol. The van der Waals surface area contributed by atoms with E-state index in [0.717, 1.165) is 38.1 Å². The quantitative estimate of drug-likeness (QED) is 0.864. The van der Waals surface area contributed by atoms with Gasteiger partial charge >= 0.3 is 0 Å². The molecule has 3 rings (SSSR count). The SMILES string of the molecule is CN1CCC(CNS(=O)(=O)c2ccc(OC3CCCC3)cc2)C1. The van der Waals surface area contributed by atoms with Gasteiger partial charge in [0.2, 0.25) is 10.0 Å². The lowest BCUT2D eigenvalue weighted by Crippen LogP contribution is -2.30. The molecule has 2 fully saturated rings. The molecule has 1 heterocycles. The Labute approximate surface area is 139 Å². The Hall–Kier alpha value is -1.11. The summed E-state index contributed by atoms with van der Waals surface area (Å²) in [5.74, 6) is 1.16. The Morgan fingerprint density at radius 2 is 1.87 bits per heavy atom. The highest BCUT2D eigenvalue weighted by Crippen LogP contribution is 2.25. The van der Waals surface area contributed by atoms with Gasteiger partial charge in [-0.15, -0.1) is 0 Å². The van der Waals surface area contributed by atoms with Crippen molar-refractivity contribution in [2.24, 2.45) is 5.92 Å². The Morgan fingerprint density at radius 1 is 1.17 bits per heavy atom. The van der Waals surface area contributed by atoms with Crippen LogP contribution in [0, 0.1) is 5.92 Å². The minimum atomic E-state index is -3.43. The Morgan fingerprint density at radius 3 is 2.48 bits per heavy atom. The lowest BCUT2D eigenvalue weighted by Gasteiger charge is -2.14. The van der Waals surface area contributed by atoms with Crippen molar-refractivity contribution in [3.05, 3.63) is 24.3 Å². The van der Waals surface area contributed by atoms with Gasteiger partial charge in [-0.05, 0) is 75.9 Å². The molecule has 1 saturated heterocycles. The van der Waals surface area contributed by atoms with E-state index in [0.29, 0.717) is 17.4 Å². The average molecular weight is 338 g/mol. The summed E-state index contributed by atoms with van der Waals surface area (Å²) in [6, 6.07) is 6.78. The van der Waals surface area contributed by atoms with Crippen LogP contribution in [-0.2, 0) is 10.0 Å². The summed E-state index contributed by atoms with van der Waals surface area (Å²) in [6.07, 6.45) is 5.96. The maximum atomic E-state index is 12.4. The third-order valence-electron chi connectivity index (χ3n) is 4.79. The van der Waals surface area contributed by atoms with Crippen molar-refractivity contribution in [2.75, 3.05) is 26.7 Å². The highest BCUT2D eigenvalue weighted by atomic mass is 32.2. The van der Waals surface area contributed by atoms with E-state index in [1.807, 2.05) is 0 Å². The summed E-state index contributed by atoms with van der Waals surface area (Å²) in [5.41, 5.74) is 0. The molecule has 1 aliphatic heterocycles. The van der Waals surface area contributed by atoms with Crippen LogP contribution >= 0.6 is 0 Å². The number of ether oxygens (including phenoxy) is 1. The number of hydrogen-bond donors (Lipinski definition) is 1. The second kappa shape index (κ2) is 7.20. The smallest absolute Gasteiger partial charge is 0.240 e. The van der Waals surface area contributed by atoms with E-state index in [9.17, 15) is 8.42 Å². The van der Waals surface area contributed by atoms with Gasteiger partial charge in [0.1, 0.15) is 5.75 Å². The Kier molecular flexibility index (Phi) is 5.24. The van der Waals surface area contributed by atoms with Gasteiger partial charge in [0.05, 0.1) is 11.0 Å². The van der Waals surface area contributed by atoms with Crippen molar-refractivity contribution >= 4 is 10.0 Å². The number of sulfonamides is 1. The molecule has 0 spiro atoms. The maximum Gasteiger partial charge on any atom is 0.240 e. The molecule has 1 saturated carbocycles. The second-order valence-electron chi connectivity index (χ2n) is 6.76. The van der Waals surface area contributed by atoms with Crippen LogP contribution < -0.4 is 9.46 Å². The van der Waals surface area contributed by atoms with Crippen molar-refractivity contribution in [1.29, 1.82) is 0 Å². The van der Waals surface area contributed by atoms with Gasteiger partial charge in [0.25, 0.3) is 0 Å². The van der Waals surface area contributed by atoms with Gasteiger partial charge in [-0.25, -0.2) is 13.1 Å². The molecule has 1 aromatic carbocycles. The van der Waals surface area contributed by atoms with Gasteiger partial charge in [-0.1, -0.05) is 0 Å². The predicted molar refractivity (Wildman–Crippen MR) is 90.1 cm³/mol. The number of nitrogens with one attached hydrogen (secondary N) is 1.